The van der Waals surface area contributed by atoms with Gasteiger partial charge in [0.1, 0.15) is 11.9 Å². The predicted octanol–water partition coefficient (Wildman–Crippen LogP) is 7.72. The number of anilines is 2. The van der Waals surface area contributed by atoms with E-state index in [1.165, 1.54) is 16.3 Å². The molecule has 0 aliphatic carbocycles. The minimum Gasteiger partial charge on any atom is -0.486 e. The average Bonchev–Trinajstić information content (AvgIpc) is 2.87. The van der Waals surface area contributed by atoms with Crippen molar-refractivity contribution in [2.75, 3.05) is 11.4 Å². The van der Waals surface area contributed by atoms with Gasteiger partial charge in [-0.25, -0.2) is 4.79 Å². The Morgan fingerprint density at radius 1 is 1.03 bits per heavy atom. The summed E-state index contributed by atoms with van der Waals surface area (Å²) >= 11 is 0. The molecule has 4 aromatic rings. The van der Waals surface area contributed by atoms with Gasteiger partial charge in [0.15, 0.2) is 0 Å². The van der Waals surface area contributed by atoms with E-state index in [4.69, 9.17) is 4.74 Å². The first-order chi connectivity index (χ1) is 17.0. The van der Waals surface area contributed by atoms with Crippen molar-refractivity contribution in [1.82, 2.24) is 0 Å². The number of benzene rings is 4. The van der Waals surface area contributed by atoms with E-state index in [-0.39, 0.29) is 6.10 Å². The highest BCUT2D eigenvalue weighted by atomic mass is 16.5. The molecule has 0 bridgehead atoms. The second kappa shape index (κ2) is 9.83. The Morgan fingerprint density at radius 2 is 1.80 bits per heavy atom. The summed E-state index contributed by atoms with van der Waals surface area (Å²) in [6.45, 7) is 4.95. The number of para-hydroxylation sites is 2. The van der Waals surface area contributed by atoms with E-state index in [0.717, 1.165) is 42.0 Å². The largest absolute Gasteiger partial charge is 0.486 e. The molecular formula is C31H31NO3. The van der Waals surface area contributed by atoms with Gasteiger partial charge in [0.05, 0.1) is 17.8 Å². The van der Waals surface area contributed by atoms with Crippen LogP contribution in [0.2, 0.25) is 0 Å². The fraction of sp³-hybridized carbons (Fsp3) is 0.258. The van der Waals surface area contributed by atoms with E-state index < -0.39 is 5.97 Å². The molecule has 178 valence electrons. The smallest absolute Gasteiger partial charge is 0.335 e. The lowest BCUT2D eigenvalue weighted by molar-refractivity contribution is 0.0697. The first kappa shape index (κ1) is 23.0. The van der Waals surface area contributed by atoms with Crippen molar-refractivity contribution in [3.05, 3.63) is 102 Å². The summed E-state index contributed by atoms with van der Waals surface area (Å²) in [5.74, 6) is 0.405. The van der Waals surface area contributed by atoms with Gasteiger partial charge in [-0.2, -0.15) is 0 Å². The maximum atomic E-state index is 11.7. The molecule has 0 aromatic heterocycles. The number of hydrogen-bond donors (Lipinski definition) is 1. The SMILES string of the molecule is Cc1cc(C(=O)O)cc(N2CC(CCC[C@H](C)c3cccc4ccccc34)Oc3ccccc32)c1. The van der Waals surface area contributed by atoms with Gasteiger partial charge in [-0.15, -0.1) is 0 Å². The fourth-order valence-corrected chi connectivity index (χ4v) is 5.22. The molecule has 0 spiro atoms. The van der Waals surface area contributed by atoms with Gasteiger partial charge in [-0.1, -0.05) is 61.5 Å². The number of aryl methyl sites for hydroxylation is 1. The van der Waals surface area contributed by atoms with Crippen molar-refractivity contribution in [3.63, 3.8) is 0 Å². The van der Waals surface area contributed by atoms with Gasteiger partial charge >= 0.3 is 5.97 Å². The standard InChI is InChI=1S/C31H31NO3/c1-21-17-24(31(33)34)19-25(18-21)32-20-26(35-30-16-6-5-15-29(30)32)12-7-9-22(2)27-14-8-11-23-10-3-4-13-28(23)27/h3-6,8,10-11,13-19,22,26H,7,9,12,20H2,1-2H3,(H,33,34)/t22-,26?/m0/s1. The highest BCUT2D eigenvalue weighted by molar-refractivity contribution is 5.90. The number of rotatable bonds is 7. The molecule has 1 aliphatic rings. The van der Waals surface area contributed by atoms with Crippen molar-refractivity contribution >= 4 is 28.1 Å². The molecule has 1 aliphatic heterocycles. The molecule has 1 N–H and O–H groups in total. The Morgan fingerprint density at radius 3 is 2.66 bits per heavy atom. The molecule has 4 aromatic carbocycles. The van der Waals surface area contributed by atoms with Gasteiger partial charge in [0.25, 0.3) is 0 Å². The molecule has 35 heavy (non-hydrogen) atoms. The van der Waals surface area contributed by atoms with Crippen molar-refractivity contribution in [1.29, 1.82) is 0 Å². The summed E-state index contributed by atoms with van der Waals surface area (Å²) in [4.78, 5) is 13.9. The van der Waals surface area contributed by atoms with Crippen LogP contribution in [0.1, 0.15) is 53.6 Å². The molecule has 0 saturated carbocycles. The number of carboxylic acids is 1. The van der Waals surface area contributed by atoms with Crippen molar-refractivity contribution in [2.24, 2.45) is 0 Å². The predicted molar refractivity (Wildman–Crippen MR) is 142 cm³/mol. The van der Waals surface area contributed by atoms with Crippen LogP contribution in [0.25, 0.3) is 10.8 Å². The van der Waals surface area contributed by atoms with Gasteiger partial charge in [0, 0.05) is 5.69 Å². The average molecular weight is 466 g/mol. The highest BCUT2D eigenvalue weighted by Gasteiger charge is 2.27. The third-order valence-corrected chi connectivity index (χ3v) is 6.97. The first-order valence-electron chi connectivity index (χ1n) is 12.4. The summed E-state index contributed by atoms with van der Waals surface area (Å²) in [6.07, 6.45) is 3.12. The summed E-state index contributed by atoms with van der Waals surface area (Å²) in [7, 11) is 0. The number of fused-ring (bicyclic) bond motifs is 2. The van der Waals surface area contributed by atoms with Crippen molar-refractivity contribution < 1.29 is 14.6 Å². The highest BCUT2D eigenvalue weighted by Crippen LogP contribution is 2.39. The molecular weight excluding hydrogens is 434 g/mol. The maximum Gasteiger partial charge on any atom is 0.335 e. The van der Waals surface area contributed by atoms with E-state index in [1.54, 1.807) is 12.1 Å². The molecule has 0 amide bonds. The summed E-state index contributed by atoms with van der Waals surface area (Å²) in [5.41, 5.74) is 4.52. The molecule has 0 radical (unpaired) electrons. The molecule has 1 heterocycles. The van der Waals surface area contributed by atoms with Crippen LogP contribution in [0.3, 0.4) is 0 Å². The van der Waals surface area contributed by atoms with Crippen LogP contribution in [0.4, 0.5) is 11.4 Å². The summed E-state index contributed by atoms with van der Waals surface area (Å²) in [6, 6.07) is 28.7. The summed E-state index contributed by atoms with van der Waals surface area (Å²) in [5, 5.41) is 12.2. The zero-order valence-corrected chi connectivity index (χ0v) is 20.3. The second-order valence-electron chi connectivity index (χ2n) is 9.58. The van der Waals surface area contributed by atoms with Gasteiger partial charge in [-0.3, -0.25) is 0 Å². The van der Waals surface area contributed by atoms with Crippen LogP contribution in [0, 0.1) is 6.92 Å². The molecule has 2 atom stereocenters. The van der Waals surface area contributed by atoms with E-state index in [9.17, 15) is 9.90 Å². The lowest BCUT2D eigenvalue weighted by atomic mass is 9.90. The Hall–Kier alpha value is -3.79. The number of carboxylic acid groups (broad SMARTS) is 1. The summed E-state index contributed by atoms with van der Waals surface area (Å²) < 4.78 is 6.39. The Labute approximate surface area is 206 Å². The molecule has 1 unspecified atom stereocenters. The number of aromatic carboxylic acids is 1. The number of hydrogen-bond acceptors (Lipinski definition) is 3. The maximum absolute atomic E-state index is 11.7. The number of ether oxygens (including phenoxy) is 1. The Kier molecular flexibility index (Phi) is 6.45. The number of carbonyl (C=O) groups is 1. The molecule has 0 fully saturated rings. The zero-order valence-electron chi connectivity index (χ0n) is 20.3. The van der Waals surface area contributed by atoms with Crippen LogP contribution in [0.5, 0.6) is 5.75 Å². The zero-order chi connectivity index (χ0) is 24.4. The fourth-order valence-electron chi connectivity index (χ4n) is 5.22. The van der Waals surface area contributed by atoms with Crippen LogP contribution in [-0.4, -0.2) is 23.7 Å². The van der Waals surface area contributed by atoms with Crippen molar-refractivity contribution in [3.8, 4) is 5.75 Å². The second-order valence-corrected chi connectivity index (χ2v) is 9.58. The third-order valence-electron chi connectivity index (χ3n) is 6.97. The van der Waals surface area contributed by atoms with E-state index in [0.29, 0.717) is 18.0 Å². The lowest BCUT2D eigenvalue weighted by Crippen LogP contribution is -2.37. The van der Waals surface area contributed by atoms with Crippen LogP contribution < -0.4 is 9.64 Å². The van der Waals surface area contributed by atoms with Gasteiger partial charge in [-0.05, 0) is 84.3 Å². The Balaban J connectivity index is 1.32. The van der Waals surface area contributed by atoms with Gasteiger partial charge < -0.3 is 14.7 Å². The lowest BCUT2D eigenvalue weighted by Gasteiger charge is -2.37. The molecule has 4 heteroatoms. The first-order valence-corrected chi connectivity index (χ1v) is 12.4. The van der Waals surface area contributed by atoms with Crippen LogP contribution in [-0.2, 0) is 0 Å². The molecule has 5 rings (SSSR count). The van der Waals surface area contributed by atoms with Gasteiger partial charge in [0.2, 0.25) is 0 Å². The van der Waals surface area contributed by atoms with Crippen molar-refractivity contribution in [2.45, 2.75) is 45.1 Å². The topological polar surface area (TPSA) is 49.8 Å². The van der Waals surface area contributed by atoms with Crippen LogP contribution >= 0.6 is 0 Å². The van der Waals surface area contributed by atoms with E-state index in [2.05, 4.69) is 54.3 Å². The molecule has 0 saturated heterocycles. The quantitative estimate of drug-likeness (QED) is 0.303. The van der Waals surface area contributed by atoms with E-state index >= 15 is 0 Å². The molecule has 4 nitrogen and oxygen atoms in total. The monoisotopic (exact) mass is 465 g/mol. The van der Waals surface area contributed by atoms with E-state index in [1.807, 2.05) is 37.3 Å². The normalized spacial score (nSPS) is 15.9. The Bertz CT molecular complexity index is 1360. The third kappa shape index (κ3) is 4.88. The van der Waals surface area contributed by atoms with Crippen LogP contribution in [0.15, 0.2) is 84.9 Å². The minimum absolute atomic E-state index is 0.0402. The number of nitrogens with zero attached hydrogens (tertiary/aromatic N) is 1. The minimum atomic E-state index is -0.907.